The van der Waals surface area contributed by atoms with Crippen molar-refractivity contribution in [3.8, 4) is 0 Å². The van der Waals surface area contributed by atoms with E-state index in [1.54, 1.807) is 0 Å². The summed E-state index contributed by atoms with van der Waals surface area (Å²) in [6.45, 7) is 1.60. The van der Waals surface area contributed by atoms with Crippen LogP contribution in [0.3, 0.4) is 0 Å². The summed E-state index contributed by atoms with van der Waals surface area (Å²) in [7, 11) is 0. The molecule has 1 aromatic carbocycles. The van der Waals surface area contributed by atoms with Crippen LogP contribution >= 0.6 is 0 Å². The molecule has 0 aliphatic carbocycles. The molecule has 2 heterocycles. The molecule has 19 heavy (non-hydrogen) atoms. The molecule has 0 spiro atoms. The van der Waals surface area contributed by atoms with Gasteiger partial charge in [-0.05, 0) is 25.0 Å². The van der Waals surface area contributed by atoms with Gasteiger partial charge in [-0.1, -0.05) is 35.9 Å². The Balaban J connectivity index is 1.88. The fourth-order valence-electron chi connectivity index (χ4n) is 2.33. The summed E-state index contributed by atoms with van der Waals surface area (Å²) in [6.07, 6.45) is 7.86. The molecule has 0 atom stereocenters. The highest BCUT2D eigenvalue weighted by Crippen LogP contribution is 2.13. The molecule has 1 aromatic rings. The third-order valence-corrected chi connectivity index (χ3v) is 3.38. The normalized spacial score (nSPS) is 18.6. The predicted molar refractivity (Wildman–Crippen MR) is 72.9 cm³/mol. The smallest absolute Gasteiger partial charge is 0.278 e. The van der Waals surface area contributed by atoms with Crippen LogP contribution in [-0.2, 0) is 9.53 Å². The number of amides is 1. The van der Waals surface area contributed by atoms with Crippen molar-refractivity contribution in [2.24, 2.45) is 4.99 Å². The van der Waals surface area contributed by atoms with Crippen LogP contribution in [-0.4, -0.2) is 19.1 Å². The van der Waals surface area contributed by atoms with Crippen molar-refractivity contribution in [2.45, 2.75) is 12.8 Å². The van der Waals surface area contributed by atoms with E-state index >= 15 is 0 Å². The summed E-state index contributed by atoms with van der Waals surface area (Å²) in [4.78, 5) is 15.8. The first-order valence-corrected chi connectivity index (χ1v) is 6.51. The SMILES string of the molecule is O=C1N=c2ccccc2=C1C=CC=C1CCOCC1. The fourth-order valence-corrected chi connectivity index (χ4v) is 2.33. The molecule has 2 aliphatic rings. The van der Waals surface area contributed by atoms with Crippen molar-refractivity contribution in [1.29, 1.82) is 0 Å². The van der Waals surface area contributed by atoms with Gasteiger partial charge in [0.25, 0.3) is 5.91 Å². The molecule has 0 unspecified atom stereocenters. The van der Waals surface area contributed by atoms with E-state index in [2.05, 4.69) is 11.1 Å². The zero-order valence-corrected chi connectivity index (χ0v) is 10.6. The Morgan fingerprint density at radius 3 is 2.79 bits per heavy atom. The van der Waals surface area contributed by atoms with Crippen molar-refractivity contribution in [3.05, 3.63) is 58.6 Å². The van der Waals surface area contributed by atoms with Crippen molar-refractivity contribution < 1.29 is 9.53 Å². The number of hydrogen-bond acceptors (Lipinski definition) is 2. The number of allylic oxidation sites excluding steroid dienone is 2. The lowest BCUT2D eigenvalue weighted by atomic mass is 10.1. The minimum atomic E-state index is -0.150. The van der Waals surface area contributed by atoms with Crippen molar-refractivity contribution in [1.82, 2.24) is 0 Å². The number of nitrogens with zero attached hydrogens (tertiary/aromatic N) is 1. The molecule has 1 fully saturated rings. The van der Waals surface area contributed by atoms with Crippen molar-refractivity contribution in [3.63, 3.8) is 0 Å². The quantitative estimate of drug-likeness (QED) is 0.796. The number of rotatable bonds is 2. The second-order valence-electron chi connectivity index (χ2n) is 4.64. The molecule has 3 heteroatoms. The molecule has 3 rings (SSSR count). The molecule has 0 aromatic heterocycles. The zero-order chi connectivity index (χ0) is 13.1. The molecule has 0 radical (unpaired) electrons. The zero-order valence-electron chi connectivity index (χ0n) is 10.6. The van der Waals surface area contributed by atoms with E-state index in [1.165, 1.54) is 5.57 Å². The maximum Gasteiger partial charge on any atom is 0.278 e. The third kappa shape index (κ3) is 2.56. The molecule has 0 N–H and O–H groups in total. The van der Waals surface area contributed by atoms with E-state index in [9.17, 15) is 4.79 Å². The lowest BCUT2D eigenvalue weighted by Gasteiger charge is -2.13. The van der Waals surface area contributed by atoms with E-state index in [0.29, 0.717) is 5.57 Å². The van der Waals surface area contributed by atoms with Gasteiger partial charge in [-0.3, -0.25) is 4.79 Å². The minimum Gasteiger partial charge on any atom is -0.381 e. The Morgan fingerprint density at radius 1 is 1.16 bits per heavy atom. The van der Waals surface area contributed by atoms with Crippen LogP contribution in [0, 0.1) is 0 Å². The van der Waals surface area contributed by atoms with E-state index in [-0.39, 0.29) is 5.91 Å². The fraction of sp³-hybridized carbons (Fsp3) is 0.250. The maximum atomic E-state index is 11.8. The lowest BCUT2D eigenvalue weighted by molar-refractivity contribution is -0.112. The van der Waals surface area contributed by atoms with E-state index in [4.69, 9.17) is 4.74 Å². The predicted octanol–water partition coefficient (Wildman–Crippen LogP) is 1.29. The highest BCUT2D eigenvalue weighted by molar-refractivity contribution is 6.18. The first kappa shape index (κ1) is 12.1. The van der Waals surface area contributed by atoms with Gasteiger partial charge in [-0.2, -0.15) is 0 Å². The average molecular weight is 253 g/mol. The standard InChI is InChI=1S/C16H15NO2/c18-16-14(13-5-1-2-7-15(13)17-16)6-3-4-12-8-10-19-11-9-12/h1-7H,8-11H2. The Bertz CT molecular complexity index is 675. The van der Waals surface area contributed by atoms with Gasteiger partial charge in [-0.25, -0.2) is 4.99 Å². The minimum absolute atomic E-state index is 0.150. The number of carbonyl (C=O) groups is 1. The van der Waals surface area contributed by atoms with Crippen LogP contribution < -0.4 is 10.6 Å². The molecule has 1 amide bonds. The van der Waals surface area contributed by atoms with Gasteiger partial charge < -0.3 is 4.74 Å². The molecule has 0 bridgehead atoms. The Kier molecular flexibility index (Phi) is 3.38. The highest BCUT2D eigenvalue weighted by atomic mass is 16.5. The number of benzene rings is 1. The third-order valence-electron chi connectivity index (χ3n) is 3.38. The molecular weight excluding hydrogens is 238 g/mol. The molecule has 0 saturated carbocycles. The van der Waals surface area contributed by atoms with Gasteiger partial charge in [0.15, 0.2) is 0 Å². The van der Waals surface area contributed by atoms with Gasteiger partial charge in [0.2, 0.25) is 0 Å². The summed E-state index contributed by atoms with van der Waals surface area (Å²) >= 11 is 0. The number of carbonyl (C=O) groups excluding carboxylic acids is 1. The molecule has 3 nitrogen and oxygen atoms in total. The summed E-state index contributed by atoms with van der Waals surface area (Å²) in [5.74, 6) is -0.150. The Morgan fingerprint density at radius 2 is 1.95 bits per heavy atom. The molecule has 96 valence electrons. The van der Waals surface area contributed by atoms with Crippen LogP contribution in [0.4, 0.5) is 0 Å². The van der Waals surface area contributed by atoms with Crippen LogP contribution in [0.15, 0.2) is 53.1 Å². The second-order valence-corrected chi connectivity index (χ2v) is 4.64. The number of ether oxygens (including phenoxy) is 1. The molecule has 1 saturated heterocycles. The highest BCUT2D eigenvalue weighted by Gasteiger charge is 2.12. The number of para-hydroxylation sites is 1. The van der Waals surface area contributed by atoms with E-state index < -0.39 is 0 Å². The summed E-state index contributed by atoms with van der Waals surface area (Å²) in [5, 5.41) is 1.69. The number of hydrogen-bond donors (Lipinski definition) is 0. The van der Waals surface area contributed by atoms with Gasteiger partial charge in [0.1, 0.15) is 0 Å². The van der Waals surface area contributed by atoms with Gasteiger partial charge in [-0.15, -0.1) is 0 Å². The van der Waals surface area contributed by atoms with Crippen molar-refractivity contribution in [2.75, 3.05) is 13.2 Å². The van der Waals surface area contributed by atoms with Gasteiger partial charge >= 0.3 is 0 Å². The monoisotopic (exact) mass is 253 g/mol. The second kappa shape index (κ2) is 5.33. The largest absolute Gasteiger partial charge is 0.381 e. The first-order chi connectivity index (χ1) is 9.34. The average Bonchev–Trinajstić information content (AvgIpc) is 2.76. The first-order valence-electron chi connectivity index (χ1n) is 6.51. The lowest BCUT2D eigenvalue weighted by Crippen LogP contribution is -2.21. The molecule has 2 aliphatic heterocycles. The van der Waals surface area contributed by atoms with Gasteiger partial charge in [0, 0.05) is 5.22 Å². The topological polar surface area (TPSA) is 38.7 Å². The van der Waals surface area contributed by atoms with Crippen molar-refractivity contribution >= 4 is 11.5 Å². The summed E-state index contributed by atoms with van der Waals surface area (Å²) in [5.41, 5.74) is 2.05. The van der Waals surface area contributed by atoms with Crippen LogP contribution in [0.5, 0.6) is 0 Å². The van der Waals surface area contributed by atoms with Crippen LogP contribution in [0.25, 0.3) is 5.57 Å². The van der Waals surface area contributed by atoms with Gasteiger partial charge in [0.05, 0.1) is 24.1 Å². The van der Waals surface area contributed by atoms with E-state index in [0.717, 1.165) is 36.6 Å². The Labute approximate surface area is 111 Å². The maximum absolute atomic E-state index is 11.8. The Hall–Kier alpha value is -2.00. The van der Waals surface area contributed by atoms with E-state index in [1.807, 2.05) is 36.4 Å². The molecular formula is C16H15NO2. The summed E-state index contributed by atoms with van der Waals surface area (Å²) < 4.78 is 5.30. The number of fused-ring (bicyclic) bond motifs is 1. The van der Waals surface area contributed by atoms with Crippen LogP contribution in [0.1, 0.15) is 12.8 Å². The van der Waals surface area contributed by atoms with Crippen LogP contribution in [0.2, 0.25) is 0 Å². The summed E-state index contributed by atoms with van der Waals surface area (Å²) in [6, 6.07) is 7.63.